The molecule has 0 N–H and O–H groups in total. The summed E-state index contributed by atoms with van der Waals surface area (Å²) in [6.45, 7) is 0. The maximum atomic E-state index is 11.0. The highest BCUT2D eigenvalue weighted by Crippen LogP contribution is 2.04. The first kappa shape index (κ1) is 8.96. The van der Waals surface area contributed by atoms with Crippen LogP contribution in [0.25, 0.3) is 10.4 Å². The number of hydrogen-bond donors (Lipinski definition) is 0. The zero-order valence-corrected chi connectivity index (χ0v) is 6.54. The second-order valence-corrected chi connectivity index (χ2v) is 2.24. The van der Waals surface area contributed by atoms with Gasteiger partial charge in [-0.15, -0.1) is 0 Å². The average molecular weight is 175 g/mol. The van der Waals surface area contributed by atoms with Gasteiger partial charge in [0.05, 0.1) is 0 Å². The van der Waals surface area contributed by atoms with Crippen LogP contribution in [0.2, 0.25) is 0 Å². The molecular formula is C8H5N3O2. The molecule has 0 unspecified atom stereocenters. The van der Waals surface area contributed by atoms with Crippen LogP contribution in [-0.4, -0.2) is 12.2 Å². The van der Waals surface area contributed by atoms with Gasteiger partial charge in [-0.3, -0.25) is 9.59 Å². The van der Waals surface area contributed by atoms with Gasteiger partial charge in [0.25, 0.3) is 0 Å². The second-order valence-electron chi connectivity index (χ2n) is 2.24. The Morgan fingerprint density at radius 2 is 2.31 bits per heavy atom. The summed E-state index contributed by atoms with van der Waals surface area (Å²) >= 11 is 0. The third kappa shape index (κ3) is 2.15. The average Bonchev–Trinajstić information content (AvgIpc) is 2.18. The first-order valence-corrected chi connectivity index (χ1v) is 3.42. The van der Waals surface area contributed by atoms with E-state index in [-0.39, 0.29) is 5.56 Å². The van der Waals surface area contributed by atoms with Crippen LogP contribution >= 0.6 is 0 Å². The Bertz CT molecular complexity index is 394. The molecule has 1 aromatic rings. The molecule has 0 atom stereocenters. The Morgan fingerprint density at radius 1 is 1.54 bits per heavy atom. The minimum atomic E-state index is -0.689. The molecule has 0 heterocycles. The topological polar surface area (TPSA) is 82.9 Å². The molecule has 13 heavy (non-hydrogen) atoms. The predicted molar refractivity (Wildman–Crippen MR) is 45.3 cm³/mol. The SMILES string of the molecule is [N-]=[N+]=NC(=O)c1cccc(C=O)c1. The lowest BCUT2D eigenvalue weighted by atomic mass is 10.1. The molecule has 0 bridgehead atoms. The number of aldehydes is 1. The van der Waals surface area contributed by atoms with Gasteiger partial charge in [-0.1, -0.05) is 18.2 Å². The number of rotatable bonds is 2. The lowest BCUT2D eigenvalue weighted by Crippen LogP contribution is -1.93. The second kappa shape index (κ2) is 4.04. The van der Waals surface area contributed by atoms with Gasteiger partial charge in [-0.05, 0) is 16.7 Å². The normalized spacial score (nSPS) is 8.62. The molecule has 1 amide bonds. The molecule has 0 aliphatic carbocycles. The summed E-state index contributed by atoms with van der Waals surface area (Å²) in [5, 5.41) is 2.90. The largest absolute Gasteiger partial charge is 0.298 e. The summed E-state index contributed by atoms with van der Waals surface area (Å²) in [5.74, 6) is -0.689. The molecule has 0 aliphatic heterocycles. The van der Waals surface area contributed by atoms with Crippen LogP contribution in [0.5, 0.6) is 0 Å². The molecule has 0 fully saturated rings. The van der Waals surface area contributed by atoms with Crippen molar-refractivity contribution in [2.45, 2.75) is 0 Å². The van der Waals surface area contributed by atoms with Gasteiger partial charge < -0.3 is 0 Å². The molecule has 0 aliphatic rings. The van der Waals surface area contributed by atoms with Gasteiger partial charge in [-0.2, -0.15) is 0 Å². The van der Waals surface area contributed by atoms with Gasteiger partial charge in [-0.25, -0.2) is 0 Å². The van der Waals surface area contributed by atoms with E-state index in [9.17, 15) is 9.59 Å². The van der Waals surface area contributed by atoms with Crippen molar-refractivity contribution in [3.8, 4) is 0 Å². The van der Waals surface area contributed by atoms with Crippen LogP contribution in [0.1, 0.15) is 20.7 Å². The van der Waals surface area contributed by atoms with Crippen molar-refractivity contribution in [3.63, 3.8) is 0 Å². The van der Waals surface area contributed by atoms with Gasteiger partial charge >= 0.3 is 0 Å². The quantitative estimate of drug-likeness (QED) is 0.298. The Morgan fingerprint density at radius 3 is 2.92 bits per heavy atom. The van der Waals surface area contributed by atoms with Crippen molar-refractivity contribution in [2.75, 3.05) is 0 Å². The Kier molecular flexibility index (Phi) is 2.78. The van der Waals surface area contributed by atoms with Crippen LogP contribution in [0.15, 0.2) is 29.4 Å². The van der Waals surface area contributed by atoms with Crippen molar-refractivity contribution in [1.82, 2.24) is 0 Å². The molecule has 0 saturated carbocycles. The van der Waals surface area contributed by atoms with Crippen molar-refractivity contribution in [1.29, 1.82) is 0 Å². The van der Waals surface area contributed by atoms with Gasteiger partial charge in [0, 0.05) is 16.0 Å². The van der Waals surface area contributed by atoms with E-state index in [0.29, 0.717) is 11.8 Å². The zero-order chi connectivity index (χ0) is 9.68. The van der Waals surface area contributed by atoms with Gasteiger partial charge in [0.1, 0.15) is 6.29 Å². The molecule has 1 aromatic carbocycles. The smallest absolute Gasteiger partial charge is 0.249 e. The van der Waals surface area contributed by atoms with Crippen molar-refractivity contribution < 1.29 is 9.59 Å². The third-order valence-electron chi connectivity index (χ3n) is 1.41. The van der Waals surface area contributed by atoms with Crippen LogP contribution in [0.3, 0.4) is 0 Å². The molecule has 1 rings (SSSR count). The van der Waals surface area contributed by atoms with E-state index in [1.54, 1.807) is 12.1 Å². The van der Waals surface area contributed by atoms with Crippen molar-refractivity contribution in [3.05, 3.63) is 45.8 Å². The van der Waals surface area contributed by atoms with E-state index >= 15 is 0 Å². The van der Waals surface area contributed by atoms with Crippen LogP contribution in [0, 0.1) is 0 Å². The summed E-state index contributed by atoms with van der Waals surface area (Å²) in [4.78, 5) is 23.7. The third-order valence-corrected chi connectivity index (χ3v) is 1.41. The van der Waals surface area contributed by atoms with E-state index in [2.05, 4.69) is 10.0 Å². The maximum Gasteiger partial charge on any atom is 0.249 e. The summed E-state index contributed by atoms with van der Waals surface area (Å²) < 4.78 is 0. The lowest BCUT2D eigenvalue weighted by Gasteiger charge is -1.94. The molecular weight excluding hydrogens is 170 g/mol. The first-order valence-electron chi connectivity index (χ1n) is 3.42. The number of carbonyl (C=O) groups is 2. The highest BCUT2D eigenvalue weighted by Gasteiger charge is 2.02. The van der Waals surface area contributed by atoms with Crippen LogP contribution < -0.4 is 0 Å². The van der Waals surface area contributed by atoms with Crippen LogP contribution in [-0.2, 0) is 0 Å². The standard InChI is InChI=1S/C8H5N3O2/c9-11-10-8(13)7-3-1-2-6(4-7)5-12/h1-5H. The predicted octanol–water partition coefficient (Wildman–Crippen LogP) is 1.95. The number of nitrogens with zero attached hydrogens (tertiary/aromatic N) is 3. The number of carbonyl (C=O) groups excluding carboxylic acids is 2. The fraction of sp³-hybridized carbons (Fsp3) is 0. The highest BCUT2D eigenvalue weighted by molar-refractivity contribution is 5.96. The molecule has 64 valence electrons. The van der Waals surface area contributed by atoms with Crippen molar-refractivity contribution in [2.24, 2.45) is 5.11 Å². The number of amides is 1. The molecule has 0 saturated heterocycles. The number of hydrogen-bond acceptors (Lipinski definition) is 2. The van der Waals surface area contributed by atoms with E-state index in [1.807, 2.05) is 0 Å². The molecule has 5 nitrogen and oxygen atoms in total. The van der Waals surface area contributed by atoms with E-state index in [0.717, 1.165) is 0 Å². The molecule has 0 spiro atoms. The van der Waals surface area contributed by atoms with E-state index < -0.39 is 5.91 Å². The Balaban J connectivity index is 3.08. The first-order chi connectivity index (χ1) is 6.27. The van der Waals surface area contributed by atoms with Gasteiger partial charge in [0.2, 0.25) is 5.91 Å². The minimum absolute atomic E-state index is 0.211. The van der Waals surface area contributed by atoms with Crippen molar-refractivity contribution >= 4 is 12.2 Å². The molecule has 0 aromatic heterocycles. The zero-order valence-electron chi connectivity index (χ0n) is 6.54. The Labute approximate surface area is 73.6 Å². The summed E-state index contributed by atoms with van der Waals surface area (Å²) in [5.41, 5.74) is 8.58. The summed E-state index contributed by atoms with van der Waals surface area (Å²) in [7, 11) is 0. The minimum Gasteiger partial charge on any atom is -0.298 e. The molecule has 0 radical (unpaired) electrons. The fourth-order valence-corrected chi connectivity index (χ4v) is 0.843. The summed E-state index contributed by atoms with van der Waals surface area (Å²) in [6, 6.07) is 5.94. The number of benzene rings is 1. The van der Waals surface area contributed by atoms with Crippen LogP contribution in [0.4, 0.5) is 0 Å². The van der Waals surface area contributed by atoms with E-state index in [4.69, 9.17) is 5.53 Å². The highest BCUT2D eigenvalue weighted by atomic mass is 16.1. The summed E-state index contributed by atoms with van der Waals surface area (Å²) in [6.07, 6.45) is 0.618. The Hall–Kier alpha value is -2.13. The van der Waals surface area contributed by atoms with E-state index in [1.165, 1.54) is 12.1 Å². The lowest BCUT2D eigenvalue weighted by molar-refractivity contribution is 0.100. The number of azide groups is 1. The monoisotopic (exact) mass is 175 g/mol. The fourth-order valence-electron chi connectivity index (χ4n) is 0.843. The maximum absolute atomic E-state index is 11.0. The molecule has 5 heteroatoms. The van der Waals surface area contributed by atoms with Gasteiger partial charge in [0.15, 0.2) is 0 Å².